The second kappa shape index (κ2) is 10.8. The number of anilines is 2. The number of carbonyl (C=O) groups is 3. The first kappa shape index (κ1) is 26.1. The van der Waals surface area contributed by atoms with Crippen LogP contribution in [0, 0.1) is 0 Å². The Kier molecular flexibility index (Phi) is 7.82. The number of H-pyrrole nitrogens is 1. The van der Waals surface area contributed by atoms with Crippen molar-refractivity contribution in [2.75, 3.05) is 11.1 Å². The molecular weight excluding hydrogens is 470 g/mol. The number of hydrogen-bond acceptors (Lipinski definition) is 10. The first-order valence-corrected chi connectivity index (χ1v) is 11.0. The summed E-state index contributed by atoms with van der Waals surface area (Å²) in [5.74, 6) is -2.43. The number of hydrogen-bond donors (Lipinski definition) is 5. The largest absolute Gasteiger partial charge is 0.480 e. The van der Waals surface area contributed by atoms with Crippen LogP contribution in [-0.2, 0) is 20.9 Å². The van der Waals surface area contributed by atoms with E-state index in [9.17, 15) is 24.3 Å². The molecule has 2 heterocycles. The van der Waals surface area contributed by atoms with E-state index in [4.69, 9.17) is 10.5 Å². The molecule has 0 fully saturated rings. The Hall–Kier alpha value is -4.55. The van der Waals surface area contributed by atoms with Crippen LogP contribution < -0.4 is 21.9 Å². The molecule has 1 aromatic carbocycles. The van der Waals surface area contributed by atoms with Crippen molar-refractivity contribution in [2.24, 2.45) is 0 Å². The van der Waals surface area contributed by atoms with Gasteiger partial charge < -0.3 is 26.2 Å². The predicted molar refractivity (Wildman–Crippen MR) is 130 cm³/mol. The molecule has 36 heavy (non-hydrogen) atoms. The fraction of sp³-hybridized carbons (Fsp3) is 0.348. The number of carbonyl (C=O) groups excluding carboxylic acids is 2. The third-order valence-corrected chi connectivity index (χ3v) is 4.77. The van der Waals surface area contributed by atoms with Gasteiger partial charge in [0.15, 0.2) is 11.2 Å². The summed E-state index contributed by atoms with van der Waals surface area (Å²) in [5.41, 5.74) is 5.90. The number of aromatic amines is 1. The van der Waals surface area contributed by atoms with Gasteiger partial charge >= 0.3 is 11.9 Å². The number of amides is 1. The Labute approximate surface area is 205 Å². The lowest BCUT2D eigenvalue weighted by Crippen LogP contribution is -2.41. The fourth-order valence-corrected chi connectivity index (χ4v) is 3.14. The molecule has 0 spiro atoms. The Balaban J connectivity index is 1.57. The second-order valence-electron chi connectivity index (χ2n) is 8.91. The van der Waals surface area contributed by atoms with E-state index in [0.29, 0.717) is 11.4 Å². The molecule has 1 amide bonds. The first-order valence-electron chi connectivity index (χ1n) is 11.0. The third kappa shape index (κ3) is 7.22. The standard InChI is InChI=1S/C23H27N7O6/c1-23(2,3)36-16(31)9-8-15(21(34)35)28-19(32)12-4-6-13(7-5-12)25-10-14-11-26-18-17(27-14)20(33)30-22(24)29-18/h4-7,11,15,25H,8-10H2,1-3H3,(H,28,32)(H,34,35)(H3,24,26,29,30,33)/t15-/m0/s1. The molecule has 0 saturated heterocycles. The monoisotopic (exact) mass is 497 g/mol. The number of nitrogens with one attached hydrogen (secondary N) is 3. The Morgan fingerprint density at radius 1 is 1.17 bits per heavy atom. The van der Waals surface area contributed by atoms with Gasteiger partial charge in [-0.3, -0.25) is 19.4 Å². The molecule has 0 aliphatic heterocycles. The molecule has 0 radical (unpaired) electrons. The van der Waals surface area contributed by atoms with E-state index in [2.05, 4.69) is 30.6 Å². The number of nitrogens with zero attached hydrogens (tertiary/aromatic N) is 3. The zero-order valence-corrected chi connectivity index (χ0v) is 20.0. The number of esters is 1. The van der Waals surface area contributed by atoms with Crippen LogP contribution in [0.5, 0.6) is 0 Å². The van der Waals surface area contributed by atoms with E-state index in [0.717, 1.165) is 0 Å². The summed E-state index contributed by atoms with van der Waals surface area (Å²) in [7, 11) is 0. The van der Waals surface area contributed by atoms with Crippen molar-refractivity contribution >= 4 is 40.6 Å². The molecular formula is C23H27N7O6. The molecule has 6 N–H and O–H groups in total. The minimum absolute atomic E-state index is 0.0467. The number of aromatic nitrogens is 4. The van der Waals surface area contributed by atoms with Gasteiger partial charge in [0.2, 0.25) is 5.95 Å². The van der Waals surface area contributed by atoms with Crippen molar-refractivity contribution in [2.45, 2.75) is 51.8 Å². The first-order chi connectivity index (χ1) is 16.9. The van der Waals surface area contributed by atoms with Crippen LogP contribution in [-0.4, -0.2) is 54.5 Å². The molecule has 2 aromatic heterocycles. The zero-order valence-electron chi connectivity index (χ0n) is 20.0. The van der Waals surface area contributed by atoms with E-state index in [1.165, 1.54) is 18.3 Å². The summed E-state index contributed by atoms with van der Waals surface area (Å²) < 4.78 is 5.17. The van der Waals surface area contributed by atoms with Gasteiger partial charge in [-0.15, -0.1) is 0 Å². The van der Waals surface area contributed by atoms with Gasteiger partial charge in [-0.25, -0.2) is 14.8 Å². The third-order valence-electron chi connectivity index (χ3n) is 4.77. The van der Waals surface area contributed by atoms with Crippen molar-refractivity contribution in [3.05, 3.63) is 52.1 Å². The number of ether oxygens (including phenoxy) is 1. The molecule has 3 aromatic rings. The number of nitrogens with two attached hydrogens (primary N) is 1. The van der Waals surface area contributed by atoms with Gasteiger partial charge in [-0.2, -0.15) is 4.98 Å². The number of carboxylic acids is 1. The second-order valence-corrected chi connectivity index (χ2v) is 8.91. The van der Waals surface area contributed by atoms with Crippen LogP contribution in [0.15, 0.2) is 35.3 Å². The smallest absolute Gasteiger partial charge is 0.326 e. The van der Waals surface area contributed by atoms with Crippen LogP contribution in [0.25, 0.3) is 11.2 Å². The van der Waals surface area contributed by atoms with Crippen LogP contribution in [0.3, 0.4) is 0 Å². The highest BCUT2D eigenvalue weighted by Crippen LogP contribution is 2.13. The average molecular weight is 498 g/mol. The summed E-state index contributed by atoms with van der Waals surface area (Å²) in [6.45, 7) is 5.38. The molecule has 0 bridgehead atoms. The maximum Gasteiger partial charge on any atom is 0.326 e. The Bertz CT molecular complexity index is 1330. The number of carboxylic acid groups (broad SMARTS) is 1. The highest BCUT2D eigenvalue weighted by molar-refractivity contribution is 5.97. The van der Waals surface area contributed by atoms with Gasteiger partial charge in [0.1, 0.15) is 11.6 Å². The molecule has 13 heteroatoms. The normalized spacial score (nSPS) is 12.1. The lowest BCUT2D eigenvalue weighted by atomic mass is 10.1. The highest BCUT2D eigenvalue weighted by Gasteiger charge is 2.24. The van der Waals surface area contributed by atoms with Crippen molar-refractivity contribution in [3.63, 3.8) is 0 Å². The van der Waals surface area contributed by atoms with Crippen LogP contribution in [0.1, 0.15) is 49.7 Å². The van der Waals surface area contributed by atoms with Crippen molar-refractivity contribution in [3.8, 4) is 0 Å². The number of nitrogen functional groups attached to an aromatic ring is 1. The molecule has 13 nitrogen and oxygen atoms in total. The van der Waals surface area contributed by atoms with Crippen molar-refractivity contribution in [1.82, 2.24) is 25.3 Å². The quantitative estimate of drug-likeness (QED) is 0.266. The van der Waals surface area contributed by atoms with Crippen molar-refractivity contribution in [1.29, 1.82) is 0 Å². The van der Waals surface area contributed by atoms with Crippen molar-refractivity contribution < 1.29 is 24.2 Å². The maximum atomic E-state index is 12.5. The summed E-state index contributed by atoms with van der Waals surface area (Å²) in [6.07, 6.45) is 1.21. The number of fused-ring (bicyclic) bond motifs is 1. The molecule has 3 rings (SSSR count). The molecule has 1 atom stereocenters. The van der Waals surface area contributed by atoms with Gasteiger partial charge in [-0.1, -0.05) is 0 Å². The summed E-state index contributed by atoms with van der Waals surface area (Å²) >= 11 is 0. The summed E-state index contributed by atoms with van der Waals surface area (Å²) in [5, 5.41) is 14.9. The van der Waals surface area contributed by atoms with E-state index in [1.807, 2.05) is 0 Å². The lowest BCUT2D eigenvalue weighted by Gasteiger charge is -2.20. The minimum atomic E-state index is -1.25. The van der Waals surface area contributed by atoms with E-state index >= 15 is 0 Å². The van der Waals surface area contributed by atoms with Crippen LogP contribution in [0.4, 0.5) is 11.6 Å². The van der Waals surface area contributed by atoms with Gasteiger partial charge in [0.05, 0.1) is 18.4 Å². The van der Waals surface area contributed by atoms with Gasteiger partial charge in [0, 0.05) is 17.7 Å². The fourth-order valence-electron chi connectivity index (χ4n) is 3.14. The van der Waals surface area contributed by atoms with E-state index in [1.54, 1.807) is 32.9 Å². The summed E-state index contributed by atoms with van der Waals surface area (Å²) in [4.78, 5) is 62.5. The molecule has 190 valence electrons. The maximum absolute atomic E-state index is 12.5. The van der Waals surface area contributed by atoms with E-state index < -0.39 is 35.0 Å². The van der Waals surface area contributed by atoms with Crippen LogP contribution >= 0.6 is 0 Å². The Morgan fingerprint density at radius 3 is 2.50 bits per heavy atom. The highest BCUT2D eigenvalue weighted by atomic mass is 16.6. The zero-order chi connectivity index (χ0) is 26.5. The number of rotatable bonds is 9. The molecule has 0 aliphatic rings. The van der Waals surface area contributed by atoms with E-state index in [-0.39, 0.29) is 42.1 Å². The predicted octanol–water partition coefficient (Wildman–Crippen LogP) is 1.21. The summed E-state index contributed by atoms with van der Waals surface area (Å²) in [6, 6.07) is 5.06. The Morgan fingerprint density at radius 2 is 1.86 bits per heavy atom. The molecule has 0 unspecified atom stereocenters. The molecule has 0 aliphatic carbocycles. The number of aliphatic carboxylic acids is 1. The van der Waals surface area contributed by atoms with Gasteiger partial charge in [-0.05, 0) is 51.5 Å². The lowest BCUT2D eigenvalue weighted by molar-refractivity contribution is -0.155. The van der Waals surface area contributed by atoms with Crippen LogP contribution in [0.2, 0.25) is 0 Å². The number of benzene rings is 1. The topological polar surface area (TPSA) is 202 Å². The minimum Gasteiger partial charge on any atom is -0.480 e. The SMILES string of the molecule is CC(C)(C)OC(=O)CC[C@H](NC(=O)c1ccc(NCc2cnc3nc(N)[nH]c(=O)c3n2)cc1)C(=O)O. The average Bonchev–Trinajstić information content (AvgIpc) is 2.79. The molecule has 0 saturated carbocycles. The van der Waals surface area contributed by atoms with Gasteiger partial charge in [0.25, 0.3) is 11.5 Å².